The van der Waals surface area contributed by atoms with Crippen molar-refractivity contribution in [1.29, 1.82) is 0 Å². The van der Waals surface area contributed by atoms with Gasteiger partial charge >= 0.3 is 0 Å². The molecule has 1 saturated heterocycles. The third-order valence-corrected chi connectivity index (χ3v) is 2.41. The van der Waals surface area contributed by atoms with E-state index in [0.29, 0.717) is 18.7 Å². The largest absolute Gasteiger partial charge is 0.315 e. The van der Waals surface area contributed by atoms with E-state index in [0.717, 1.165) is 6.07 Å². The van der Waals surface area contributed by atoms with Gasteiger partial charge in [0.05, 0.1) is 4.92 Å². The van der Waals surface area contributed by atoms with E-state index < -0.39 is 4.92 Å². The lowest BCUT2D eigenvalue weighted by atomic mass is 9.93. The van der Waals surface area contributed by atoms with Gasteiger partial charge < -0.3 is 5.32 Å². The topological polar surface area (TPSA) is 55.2 Å². The fraction of sp³-hybridized carbons (Fsp3) is 0.333. The number of nitro groups is 1. The molecule has 0 spiro atoms. The van der Waals surface area contributed by atoms with Crippen molar-refractivity contribution in [1.82, 2.24) is 5.32 Å². The molecule has 0 radical (unpaired) electrons. The number of nitrogens with one attached hydrogen (secondary N) is 1. The standard InChI is InChI=1S/C9H9FN2O2/c10-9-2-1-7(12(13)14)3-8(9)6-4-11-5-6/h1-3,6,11H,4-5H2. The van der Waals surface area contributed by atoms with Crippen LogP contribution in [-0.4, -0.2) is 18.0 Å². The Labute approximate surface area is 79.9 Å². The molecule has 0 atom stereocenters. The highest BCUT2D eigenvalue weighted by atomic mass is 19.1. The molecule has 4 nitrogen and oxygen atoms in total. The van der Waals surface area contributed by atoms with Gasteiger partial charge in [0.2, 0.25) is 0 Å². The summed E-state index contributed by atoms with van der Waals surface area (Å²) >= 11 is 0. The minimum absolute atomic E-state index is 0.0479. The van der Waals surface area contributed by atoms with E-state index in [9.17, 15) is 14.5 Å². The second-order valence-electron chi connectivity index (χ2n) is 3.32. The van der Waals surface area contributed by atoms with Gasteiger partial charge in [0.15, 0.2) is 0 Å². The van der Waals surface area contributed by atoms with E-state index in [1.807, 2.05) is 0 Å². The molecular formula is C9H9FN2O2. The second kappa shape index (κ2) is 3.34. The summed E-state index contributed by atoms with van der Waals surface area (Å²) in [6.45, 7) is 1.39. The number of halogens is 1. The Morgan fingerprint density at radius 1 is 1.50 bits per heavy atom. The van der Waals surface area contributed by atoms with Crippen molar-refractivity contribution >= 4 is 5.69 Å². The normalized spacial score (nSPS) is 16.4. The lowest BCUT2D eigenvalue weighted by Crippen LogP contribution is -2.40. The van der Waals surface area contributed by atoms with Gasteiger partial charge in [-0.25, -0.2) is 4.39 Å². The number of hydrogen-bond acceptors (Lipinski definition) is 3. The Hall–Kier alpha value is -1.49. The lowest BCUT2D eigenvalue weighted by Gasteiger charge is -2.27. The first kappa shape index (κ1) is 9.08. The summed E-state index contributed by atoms with van der Waals surface area (Å²) in [5.41, 5.74) is 0.395. The van der Waals surface area contributed by atoms with Gasteiger partial charge in [-0.1, -0.05) is 0 Å². The molecule has 1 aliphatic heterocycles. The van der Waals surface area contributed by atoms with Crippen molar-refractivity contribution in [2.24, 2.45) is 0 Å². The zero-order valence-corrected chi connectivity index (χ0v) is 7.37. The monoisotopic (exact) mass is 196 g/mol. The maximum absolute atomic E-state index is 13.3. The average Bonchev–Trinajstić information content (AvgIpc) is 2.05. The molecular weight excluding hydrogens is 187 g/mol. The number of nitrogens with zero attached hydrogens (tertiary/aromatic N) is 1. The molecule has 1 fully saturated rings. The number of benzene rings is 1. The summed E-state index contributed by atoms with van der Waals surface area (Å²) in [6.07, 6.45) is 0. The molecule has 1 heterocycles. The molecule has 0 aliphatic carbocycles. The molecule has 74 valence electrons. The van der Waals surface area contributed by atoms with Crippen molar-refractivity contribution in [2.75, 3.05) is 13.1 Å². The molecule has 1 aromatic rings. The predicted molar refractivity (Wildman–Crippen MR) is 48.7 cm³/mol. The molecule has 5 heteroatoms. The molecule has 0 saturated carbocycles. The van der Waals surface area contributed by atoms with Crippen molar-refractivity contribution in [3.63, 3.8) is 0 Å². The van der Waals surface area contributed by atoms with E-state index in [-0.39, 0.29) is 17.4 Å². The highest BCUT2D eigenvalue weighted by Gasteiger charge is 2.24. The first-order valence-electron chi connectivity index (χ1n) is 4.33. The van der Waals surface area contributed by atoms with Gasteiger partial charge in [-0.3, -0.25) is 10.1 Å². The first-order chi connectivity index (χ1) is 6.68. The van der Waals surface area contributed by atoms with Crippen LogP contribution in [0.4, 0.5) is 10.1 Å². The van der Waals surface area contributed by atoms with Crippen LogP contribution in [0, 0.1) is 15.9 Å². The summed E-state index contributed by atoms with van der Waals surface area (Å²) in [4.78, 5) is 9.96. The summed E-state index contributed by atoms with van der Waals surface area (Å²) in [5, 5.41) is 13.5. The average molecular weight is 196 g/mol. The lowest BCUT2D eigenvalue weighted by molar-refractivity contribution is -0.385. The highest BCUT2D eigenvalue weighted by molar-refractivity contribution is 5.38. The van der Waals surface area contributed by atoms with Crippen LogP contribution in [-0.2, 0) is 0 Å². The fourth-order valence-electron chi connectivity index (χ4n) is 1.47. The molecule has 1 aromatic carbocycles. The van der Waals surface area contributed by atoms with E-state index in [1.54, 1.807) is 0 Å². The van der Waals surface area contributed by atoms with E-state index in [4.69, 9.17) is 0 Å². The van der Waals surface area contributed by atoms with Crippen molar-refractivity contribution in [3.05, 3.63) is 39.7 Å². The maximum Gasteiger partial charge on any atom is 0.269 e. The highest BCUT2D eigenvalue weighted by Crippen LogP contribution is 2.26. The van der Waals surface area contributed by atoms with Crippen LogP contribution in [0.15, 0.2) is 18.2 Å². The first-order valence-corrected chi connectivity index (χ1v) is 4.33. The summed E-state index contributed by atoms with van der Waals surface area (Å²) < 4.78 is 13.3. The predicted octanol–water partition coefficient (Wildman–Crippen LogP) is 1.42. The summed E-state index contributed by atoms with van der Waals surface area (Å²) in [6, 6.07) is 3.66. The molecule has 14 heavy (non-hydrogen) atoms. The Bertz CT molecular complexity index is 377. The maximum atomic E-state index is 13.3. The minimum Gasteiger partial charge on any atom is -0.315 e. The fourth-order valence-corrected chi connectivity index (χ4v) is 1.47. The molecule has 1 aliphatic rings. The van der Waals surface area contributed by atoms with Crippen LogP contribution < -0.4 is 5.32 Å². The van der Waals surface area contributed by atoms with Crippen molar-refractivity contribution in [3.8, 4) is 0 Å². The third kappa shape index (κ3) is 1.46. The Balaban J connectivity index is 2.36. The van der Waals surface area contributed by atoms with Crippen LogP contribution in [0.2, 0.25) is 0 Å². The molecule has 0 amide bonds. The zero-order chi connectivity index (χ0) is 10.1. The Morgan fingerprint density at radius 3 is 2.71 bits per heavy atom. The van der Waals surface area contributed by atoms with Crippen LogP contribution in [0.25, 0.3) is 0 Å². The van der Waals surface area contributed by atoms with E-state index >= 15 is 0 Å². The summed E-state index contributed by atoms with van der Waals surface area (Å²) in [5.74, 6) is -0.281. The molecule has 0 bridgehead atoms. The van der Waals surface area contributed by atoms with Gasteiger partial charge in [0.1, 0.15) is 5.82 Å². The quantitative estimate of drug-likeness (QED) is 0.575. The third-order valence-electron chi connectivity index (χ3n) is 2.41. The number of rotatable bonds is 2. The molecule has 0 unspecified atom stereocenters. The number of nitro benzene ring substituents is 1. The van der Waals surface area contributed by atoms with Crippen molar-refractivity contribution < 1.29 is 9.31 Å². The van der Waals surface area contributed by atoms with Gasteiger partial charge in [-0.2, -0.15) is 0 Å². The van der Waals surface area contributed by atoms with Crippen molar-refractivity contribution in [2.45, 2.75) is 5.92 Å². The van der Waals surface area contributed by atoms with Gasteiger partial charge in [-0.05, 0) is 6.07 Å². The Kier molecular flexibility index (Phi) is 2.17. The smallest absolute Gasteiger partial charge is 0.269 e. The van der Waals surface area contributed by atoms with Crippen LogP contribution in [0.1, 0.15) is 11.5 Å². The van der Waals surface area contributed by atoms with Gasteiger partial charge in [0, 0.05) is 36.7 Å². The molecule has 2 rings (SSSR count). The van der Waals surface area contributed by atoms with Gasteiger partial charge in [-0.15, -0.1) is 0 Å². The van der Waals surface area contributed by atoms with Gasteiger partial charge in [0.25, 0.3) is 5.69 Å². The minimum atomic E-state index is -0.505. The second-order valence-corrected chi connectivity index (χ2v) is 3.32. The zero-order valence-electron chi connectivity index (χ0n) is 7.37. The Morgan fingerprint density at radius 2 is 2.21 bits per heavy atom. The molecule has 1 N–H and O–H groups in total. The number of hydrogen-bond donors (Lipinski definition) is 1. The van der Waals surface area contributed by atoms with E-state index in [2.05, 4.69) is 5.32 Å². The molecule has 0 aromatic heterocycles. The summed E-state index contributed by atoms with van der Waals surface area (Å²) in [7, 11) is 0. The van der Waals surface area contributed by atoms with Crippen LogP contribution in [0.5, 0.6) is 0 Å². The SMILES string of the molecule is O=[N+]([O-])c1ccc(F)c(C2CNC2)c1. The van der Waals surface area contributed by atoms with E-state index in [1.165, 1.54) is 12.1 Å². The van der Waals surface area contributed by atoms with Crippen LogP contribution in [0.3, 0.4) is 0 Å². The van der Waals surface area contributed by atoms with Crippen LogP contribution >= 0.6 is 0 Å². The number of non-ortho nitro benzene ring substituents is 1.